The molecule has 7 heteroatoms. The van der Waals surface area contributed by atoms with Crippen molar-refractivity contribution in [2.75, 3.05) is 0 Å². The lowest BCUT2D eigenvalue weighted by Gasteiger charge is -2.15. The van der Waals surface area contributed by atoms with Crippen LogP contribution in [-0.4, -0.2) is 33.4 Å². The number of aromatic nitrogens is 3. The van der Waals surface area contributed by atoms with Crippen molar-refractivity contribution in [1.29, 1.82) is 0 Å². The number of phenolic OH excluding ortho intramolecular Hbond substituents is 1. The number of carbonyl (C=O) groups is 1. The fourth-order valence-corrected chi connectivity index (χ4v) is 2.85. The van der Waals surface area contributed by atoms with E-state index in [0.717, 1.165) is 17.0 Å². The van der Waals surface area contributed by atoms with Crippen LogP contribution in [0.2, 0.25) is 0 Å². The molecule has 0 saturated carbocycles. The molecule has 0 unspecified atom stereocenters. The summed E-state index contributed by atoms with van der Waals surface area (Å²) in [7, 11) is 1.40. The number of benzene rings is 1. The first-order chi connectivity index (χ1) is 12.5. The second-order valence-electron chi connectivity index (χ2n) is 6.26. The van der Waals surface area contributed by atoms with Crippen LogP contribution >= 0.6 is 0 Å². The minimum absolute atomic E-state index is 0.0840. The van der Waals surface area contributed by atoms with Gasteiger partial charge in [-0.2, -0.15) is 5.10 Å². The van der Waals surface area contributed by atoms with Gasteiger partial charge >= 0.3 is 0 Å². The first kappa shape index (κ1) is 17.7. The van der Waals surface area contributed by atoms with E-state index in [1.807, 2.05) is 22.9 Å². The Labute approximate surface area is 152 Å². The van der Waals surface area contributed by atoms with Gasteiger partial charge in [0, 0.05) is 24.0 Å². The molecule has 0 aliphatic heterocycles. The molecule has 1 aromatic carbocycles. The summed E-state index contributed by atoms with van der Waals surface area (Å²) in [5.74, 6) is 0.268. The highest BCUT2D eigenvalue weighted by molar-refractivity contribution is 6.63. The highest BCUT2D eigenvalue weighted by Crippen LogP contribution is 2.29. The van der Waals surface area contributed by atoms with Crippen LogP contribution in [0.1, 0.15) is 35.8 Å². The van der Waals surface area contributed by atoms with Crippen molar-refractivity contribution in [2.24, 2.45) is 0 Å². The number of phenols is 1. The zero-order valence-electron chi connectivity index (χ0n) is 15.0. The lowest BCUT2D eigenvalue weighted by Crippen LogP contribution is -2.08. The fraction of sp³-hybridized carbons (Fsp3) is 0.211. The molecular formula is C19H20BN3O3. The number of aromatic hydroxyl groups is 1. The predicted molar refractivity (Wildman–Crippen MR) is 101 cm³/mol. The number of pyridine rings is 1. The molecule has 2 aromatic heterocycles. The van der Waals surface area contributed by atoms with Crippen LogP contribution in [0.25, 0.3) is 11.4 Å². The van der Waals surface area contributed by atoms with Crippen molar-refractivity contribution in [1.82, 2.24) is 14.8 Å². The Balaban J connectivity index is 1.93. The second-order valence-corrected chi connectivity index (χ2v) is 6.26. The van der Waals surface area contributed by atoms with Gasteiger partial charge in [-0.15, -0.1) is 0 Å². The highest BCUT2D eigenvalue weighted by atomic mass is 16.5. The number of hydrogen-bond donors (Lipinski definition) is 1. The van der Waals surface area contributed by atoms with Crippen LogP contribution in [0.3, 0.4) is 0 Å². The molecule has 3 rings (SSSR count). The second kappa shape index (κ2) is 7.43. The third-order valence-electron chi connectivity index (χ3n) is 4.03. The summed E-state index contributed by atoms with van der Waals surface area (Å²) in [6, 6.07) is 10.7. The lowest BCUT2D eigenvalue weighted by atomic mass is 9.93. The Kier molecular flexibility index (Phi) is 5.07. The molecule has 0 aliphatic carbocycles. The molecule has 132 valence electrons. The van der Waals surface area contributed by atoms with Crippen molar-refractivity contribution in [3.8, 4) is 22.9 Å². The molecule has 0 aliphatic rings. The van der Waals surface area contributed by atoms with Crippen LogP contribution in [0.5, 0.6) is 11.5 Å². The largest absolute Gasteiger partial charge is 0.507 e. The summed E-state index contributed by atoms with van der Waals surface area (Å²) < 4.78 is 7.76. The molecule has 0 fully saturated rings. The molecule has 0 radical (unpaired) electrons. The van der Waals surface area contributed by atoms with Crippen LogP contribution < -0.4 is 4.74 Å². The third-order valence-corrected chi connectivity index (χ3v) is 4.03. The summed E-state index contributed by atoms with van der Waals surface area (Å²) in [6.07, 6.45) is 3.48. The molecule has 0 atom stereocenters. The highest BCUT2D eigenvalue weighted by Gasteiger charge is 2.16. The average Bonchev–Trinajstić information content (AvgIpc) is 3.09. The molecule has 2 heterocycles. The van der Waals surface area contributed by atoms with Crippen LogP contribution in [-0.2, 0) is 6.61 Å². The molecule has 26 heavy (non-hydrogen) atoms. The fourth-order valence-electron chi connectivity index (χ4n) is 2.85. The van der Waals surface area contributed by atoms with E-state index >= 15 is 0 Å². The lowest BCUT2D eigenvalue weighted by molar-refractivity contribution is 0.107. The van der Waals surface area contributed by atoms with Gasteiger partial charge in [0.05, 0.1) is 17.0 Å². The number of nitrogens with zero attached hydrogens (tertiary/aromatic N) is 3. The van der Waals surface area contributed by atoms with Crippen molar-refractivity contribution in [3.05, 3.63) is 59.9 Å². The smallest absolute Gasteiger partial charge is 0.194 e. The molecule has 3 aromatic rings. The van der Waals surface area contributed by atoms with Gasteiger partial charge in [-0.25, -0.2) is 0 Å². The molecule has 0 bridgehead atoms. The summed E-state index contributed by atoms with van der Waals surface area (Å²) in [5.41, 5.74) is 2.49. The normalized spacial score (nSPS) is 10.9. The minimum Gasteiger partial charge on any atom is -0.507 e. The summed E-state index contributed by atoms with van der Waals surface area (Å²) in [4.78, 5) is 16.3. The van der Waals surface area contributed by atoms with E-state index in [0.29, 0.717) is 5.75 Å². The Bertz CT molecular complexity index is 937. The molecule has 0 amide bonds. The van der Waals surface area contributed by atoms with Gasteiger partial charge in [-0.3, -0.25) is 9.67 Å². The topological polar surface area (TPSA) is 77.2 Å². The molecule has 1 N–H and O–H groups in total. The SMILES string of the molecule is BC(=O)c1c(O)cccc1OCc1cccnc1-c1ccnn1C(C)C. The molecule has 6 nitrogen and oxygen atoms in total. The van der Waals surface area contributed by atoms with Crippen LogP contribution in [0, 0.1) is 0 Å². The van der Waals surface area contributed by atoms with E-state index in [-0.39, 0.29) is 29.6 Å². The van der Waals surface area contributed by atoms with Crippen molar-refractivity contribution in [2.45, 2.75) is 26.5 Å². The van der Waals surface area contributed by atoms with E-state index in [9.17, 15) is 9.90 Å². The number of ether oxygens (including phenoxy) is 1. The Hall–Kier alpha value is -3.09. The van der Waals surface area contributed by atoms with Crippen molar-refractivity contribution >= 4 is 13.5 Å². The minimum atomic E-state index is -0.248. The zero-order valence-corrected chi connectivity index (χ0v) is 15.0. The summed E-state index contributed by atoms with van der Waals surface area (Å²) in [6.45, 7) is 4.33. The zero-order chi connectivity index (χ0) is 18.7. The van der Waals surface area contributed by atoms with Crippen molar-refractivity contribution in [3.63, 3.8) is 0 Å². The summed E-state index contributed by atoms with van der Waals surface area (Å²) in [5, 5.41) is 14.3. The number of carbonyl (C=O) groups excluding carboxylic acids is 1. The van der Waals surface area contributed by atoms with Crippen LogP contribution in [0.4, 0.5) is 0 Å². The maximum absolute atomic E-state index is 11.8. The van der Waals surface area contributed by atoms with Gasteiger partial charge in [0.15, 0.2) is 7.85 Å². The third kappa shape index (κ3) is 3.47. The van der Waals surface area contributed by atoms with Crippen LogP contribution in [0.15, 0.2) is 48.8 Å². The van der Waals surface area contributed by atoms with E-state index in [1.165, 1.54) is 13.9 Å². The maximum atomic E-state index is 11.8. The quantitative estimate of drug-likeness (QED) is 0.692. The van der Waals surface area contributed by atoms with Gasteiger partial charge in [0.25, 0.3) is 0 Å². The monoisotopic (exact) mass is 349 g/mol. The predicted octanol–water partition coefficient (Wildman–Crippen LogP) is 2.58. The van der Waals surface area contributed by atoms with E-state index in [4.69, 9.17) is 4.74 Å². The van der Waals surface area contributed by atoms with Gasteiger partial charge in [0.1, 0.15) is 23.8 Å². The Morgan fingerprint density at radius 2 is 2.04 bits per heavy atom. The maximum Gasteiger partial charge on any atom is 0.194 e. The average molecular weight is 349 g/mol. The van der Waals surface area contributed by atoms with Gasteiger partial charge in [-0.1, -0.05) is 12.1 Å². The van der Waals surface area contributed by atoms with E-state index in [2.05, 4.69) is 23.9 Å². The Morgan fingerprint density at radius 3 is 2.77 bits per heavy atom. The standard InChI is InChI=1S/C19H20BN3O3/c1-12(2)23-14(8-10-22-23)18-13(5-4-9-21-18)11-26-16-7-3-6-15(24)17(16)19(20)25/h3-10,12,24H,11,20H2,1-2H3. The summed E-state index contributed by atoms with van der Waals surface area (Å²) >= 11 is 0. The molecule has 0 saturated heterocycles. The molecular weight excluding hydrogens is 329 g/mol. The number of hydrogen-bond acceptors (Lipinski definition) is 5. The van der Waals surface area contributed by atoms with E-state index in [1.54, 1.807) is 24.5 Å². The van der Waals surface area contributed by atoms with Gasteiger partial charge in [-0.05, 0) is 38.1 Å². The Morgan fingerprint density at radius 1 is 1.23 bits per heavy atom. The van der Waals surface area contributed by atoms with Crippen molar-refractivity contribution < 1.29 is 14.6 Å². The molecule has 0 spiro atoms. The first-order valence-electron chi connectivity index (χ1n) is 8.42. The van der Waals surface area contributed by atoms with E-state index < -0.39 is 0 Å². The number of rotatable bonds is 6. The first-order valence-corrected chi connectivity index (χ1v) is 8.42. The van der Waals surface area contributed by atoms with Gasteiger partial charge in [0.2, 0.25) is 0 Å². The van der Waals surface area contributed by atoms with Gasteiger partial charge < -0.3 is 14.6 Å².